The first-order chi connectivity index (χ1) is 10.3. The van der Waals surface area contributed by atoms with Gasteiger partial charge in [-0.15, -0.1) is 0 Å². The number of aromatic nitrogens is 2. The molecule has 9 nitrogen and oxygen atoms in total. The van der Waals surface area contributed by atoms with Crippen molar-refractivity contribution in [1.29, 1.82) is 0 Å². The second kappa shape index (κ2) is 5.88. The highest BCUT2D eigenvalue weighted by Gasteiger charge is 2.51. The number of aromatic amines is 1. The molecule has 1 fully saturated rings. The summed E-state index contributed by atoms with van der Waals surface area (Å²) in [6, 6.07) is 0. The van der Waals surface area contributed by atoms with Crippen LogP contribution < -0.4 is 11.2 Å². The van der Waals surface area contributed by atoms with Crippen molar-refractivity contribution in [2.24, 2.45) is 0 Å². The Morgan fingerprint density at radius 3 is 2.73 bits per heavy atom. The van der Waals surface area contributed by atoms with Crippen LogP contribution in [0.25, 0.3) is 0 Å². The Balaban J connectivity index is 2.60. The standard InChI is InChI=1S/C12H16N2O7S/c1-12(8(22)7(16)6(4-15)21-12)14-3-5(10(18)20-2)9(17)13-11(14)19/h3,6-8,15-16,22H,4H2,1-2H3,(H,13,17,19)/t6-,7-,8-,12-/m1/s1. The average Bonchev–Trinajstić information content (AvgIpc) is 2.71. The molecular formula is C12H16N2O7S. The lowest BCUT2D eigenvalue weighted by molar-refractivity contribution is -0.106. The number of esters is 1. The van der Waals surface area contributed by atoms with E-state index in [0.29, 0.717) is 0 Å². The molecule has 22 heavy (non-hydrogen) atoms. The van der Waals surface area contributed by atoms with Gasteiger partial charge in [0.25, 0.3) is 5.56 Å². The monoisotopic (exact) mass is 332 g/mol. The zero-order valence-electron chi connectivity index (χ0n) is 11.8. The Bertz CT molecular complexity index is 699. The lowest BCUT2D eigenvalue weighted by Gasteiger charge is -2.30. The van der Waals surface area contributed by atoms with E-state index in [1.54, 1.807) is 0 Å². The van der Waals surface area contributed by atoms with Crippen LogP contribution in [0.2, 0.25) is 0 Å². The normalized spacial score (nSPS) is 31.2. The number of H-pyrrole nitrogens is 1. The van der Waals surface area contributed by atoms with E-state index in [-0.39, 0.29) is 0 Å². The summed E-state index contributed by atoms with van der Waals surface area (Å²) in [4.78, 5) is 37.3. The van der Waals surface area contributed by atoms with Crippen molar-refractivity contribution in [3.8, 4) is 0 Å². The van der Waals surface area contributed by atoms with Crippen molar-refractivity contribution >= 4 is 18.6 Å². The minimum atomic E-state index is -1.47. The molecule has 0 radical (unpaired) electrons. The molecule has 0 aromatic carbocycles. The minimum Gasteiger partial charge on any atom is -0.465 e. The molecule has 2 heterocycles. The third-order valence-corrected chi connectivity index (χ3v) is 4.43. The summed E-state index contributed by atoms with van der Waals surface area (Å²) in [5.41, 5.74) is -3.61. The van der Waals surface area contributed by atoms with Gasteiger partial charge in [-0.1, -0.05) is 0 Å². The van der Waals surface area contributed by atoms with Crippen LogP contribution in [-0.2, 0) is 15.2 Å². The SMILES string of the molecule is COC(=O)c1cn([C@]2(C)O[C@H](CO)[C@@H](O)[C@H]2S)c(=O)[nH]c1=O. The number of ether oxygens (including phenoxy) is 2. The summed E-state index contributed by atoms with van der Waals surface area (Å²) < 4.78 is 10.9. The molecular weight excluding hydrogens is 316 g/mol. The van der Waals surface area contributed by atoms with Crippen molar-refractivity contribution < 1.29 is 24.5 Å². The summed E-state index contributed by atoms with van der Waals surface area (Å²) >= 11 is 4.22. The zero-order chi connectivity index (χ0) is 16.7. The molecule has 122 valence electrons. The Morgan fingerprint density at radius 1 is 1.59 bits per heavy atom. The smallest absolute Gasteiger partial charge is 0.345 e. The number of aliphatic hydroxyl groups is 2. The highest BCUT2D eigenvalue weighted by Crippen LogP contribution is 2.37. The van der Waals surface area contributed by atoms with E-state index in [2.05, 4.69) is 17.4 Å². The number of rotatable bonds is 3. The Kier molecular flexibility index (Phi) is 4.47. The first-order valence-electron chi connectivity index (χ1n) is 6.35. The molecule has 0 saturated carbocycles. The number of aliphatic hydroxyl groups excluding tert-OH is 2. The molecule has 0 spiro atoms. The molecule has 3 N–H and O–H groups in total. The predicted molar refractivity (Wildman–Crippen MR) is 77.0 cm³/mol. The lowest BCUT2D eigenvalue weighted by atomic mass is 10.1. The molecule has 1 aromatic heterocycles. The number of methoxy groups -OCH3 is 1. The first kappa shape index (κ1) is 16.7. The van der Waals surface area contributed by atoms with Crippen LogP contribution >= 0.6 is 12.6 Å². The van der Waals surface area contributed by atoms with Gasteiger partial charge in [0.05, 0.1) is 25.1 Å². The number of nitrogens with zero attached hydrogens (tertiary/aromatic N) is 1. The molecule has 1 aliphatic rings. The Labute approximate surface area is 129 Å². The van der Waals surface area contributed by atoms with Crippen LogP contribution in [0.3, 0.4) is 0 Å². The van der Waals surface area contributed by atoms with Crippen LogP contribution in [0, 0.1) is 0 Å². The van der Waals surface area contributed by atoms with Crippen LogP contribution in [0.15, 0.2) is 15.8 Å². The summed E-state index contributed by atoms with van der Waals surface area (Å²) in [5.74, 6) is -0.924. The highest BCUT2D eigenvalue weighted by molar-refractivity contribution is 7.81. The maximum atomic E-state index is 12.0. The van der Waals surface area contributed by atoms with Crippen molar-refractivity contribution in [3.63, 3.8) is 0 Å². The topological polar surface area (TPSA) is 131 Å². The van der Waals surface area contributed by atoms with E-state index in [4.69, 9.17) is 4.74 Å². The maximum absolute atomic E-state index is 12.0. The van der Waals surface area contributed by atoms with Crippen LogP contribution in [0.5, 0.6) is 0 Å². The van der Waals surface area contributed by atoms with E-state index in [1.807, 2.05) is 4.98 Å². The van der Waals surface area contributed by atoms with Gasteiger partial charge in [0.15, 0.2) is 5.72 Å². The number of thiol groups is 1. The second-order valence-corrected chi connectivity index (χ2v) is 5.55. The zero-order valence-corrected chi connectivity index (χ0v) is 12.7. The van der Waals surface area contributed by atoms with Gasteiger partial charge in [0.1, 0.15) is 11.7 Å². The number of hydrogen-bond acceptors (Lipinski definition) is 8. The minimum absolute atomic E-state index is 0.394. The summed E-state index contributed by atoms with van der Waals surface area (Å²) in [6.07, 6.45) is -1.10. The number of carbonyl (C=O) groups is 1. The molecule has 0 amide bonds. The molecule has 0 unspecified atom stereocenters. The molecule has 0 bridgehead atoms. The summed E-state index contributed by atoms with van der Waals surface area (Å²) in [7, 11) is 1.10. The van der Waals surface area contributed by atoms with Crippen LogP contribution in [-0.4, -0.2) is 56.9 Å². The van der Waals surface area contributed by atoms with Gasteiger partial charge in [-0.25, -0.2) is 9.59 Å². The molecule has 1 saturated heterocycles. The van der Waals surface area contributed by atoms with Gasteiger partial charge in [-0.3, -0.25) is 14.3 Å². The fourth-order valence-corrected chi connectivity index (χ4v) is 2.74. The van der Waals surface area contributed by atoms with Gasteiger partial charge < -0.3 is 19.7 Å². The molecule has 0 aliphatic carbocycles. The van der Waals surface area contributed by atoms with E-state index in [0.717, 1.165) is 17.9 Å². The quantitative estimate of drug-likeness (QED) is 0.374. The number of hydrogen-bond donors (Lipinski definition) is 4. The molecule has 10 heteroatoms. The van der Waals surface area contributed by atoms with Gasteiger partial charge in [0.2, 0.25) is 0 Å². The average molecular weight is 332 g/mol. The van der Waals surface area contributed by atoms with E-state index in [9.17, 15) is 24.6 Å². The van der Waals surface area contributed by atoms with E-state index < -0.39 is 52.6 Å². The third-order valence-electron chi connectivity index (χ3n) is 3.65. The van der Waals surface area contributed by atoms with Gasteiger partial charge in [-0.05, 0) is 6.92 Å². The Morgan fingerprint density at radius 2 is 2.23 bits per heavy atom. The largest absolute Gasteiger partial charge is 0.465 e. The summed E-state index contributed by atoms with van der Waals surface area (Å²) in [5, 5.41) is 18.3. The van der Waals surface area contributed by atoms with Crippen LogP contribution in [0.1, 0.15) is 17.3 Å². The molecule has 4 atom stereocenters. The molecule has 1 aromatic rings. The maximum Gasteiger partial charge on any atom is 0.345 e. The second-order valence-electron chi connectivity index (χ2n) is 4.99. The molecule has 2 rings (SSSR count). The predicted octanol–water partition coefficient (Wildman–Crippen LogP) is -1.95. The Hall–Kier alpha value is -1.62. The van der Waals surface area contributed by atoms with Gasteiger partial charge >= 0.3 is 11.7 Å². The third kappa shape index (κ3) is 2.47. The van der Waals surface area contributed by atoms with Crippen LogP contribution in [0.4, 0.5) is 0 Å². The highest BCUT2D eigenvalue weighted by atomic mass is 32.1. The van der Waals surface area contributed by atoms with Crippen molar-refractivity contribution in [2.45, 2.75) is 30.1 Å². The van der Waals surface area contributed by atoms with Crippen molar-refractivity contribution in [1.82, 2.24) is 9.55 Å². The van der Waals surface area contributed by atoms with Crippen molar-refractivity contribution in [2.75, 3.05) is 13.7 Å². The molecule has 1 aliphatic heterocycles. The summed E-state index contributed by atoms with van der Waals surface area (Å²) in [6.45, 7) is 0.972. The first-order valence-corrected chi connectivity index (χ1v) is 6.87. The number of nitrogens with one attached hydrogen (secondary N) is 1. The van der Waals surface area contributed by atoms with Gasteiger partial charge in [0, 0.05) is 6.20 Å². The van der Waals surface area contributed by atoms with E-state index in [1.165, 1.54) is 6.92 Å². The fourth-order valence-electron chi connectivity index (χ4n) is 2.37. The lowest BCUT2D eigenvalue weighted by Crippen LogP contribution is -2.48. The van der Waals surface area contributed by atoms with Gasteiger partial charge in [-0.2, -0.15) is 12.6 Å². The fraction of sp³-hybridized carbons (Fsp3) is 0.583. The number of carbonyl (C=O) groups excluding carboxylic acids is 1. The van der Waals surface area contributed by atoms with Crippen molar-refractivity contribution in [3.05, 3.63) is 32.6 Å². The van der Waals surface area contributed by atoms with E-state index >= 15 is 0 Å².